The van der Waals surface area contributed by atoms with Crippen LogP contribution in [0.1, 0.15) is 16.7 Å². The van der Waals surface area contributed by atoms with Crippen LogP contribution < -0.4 is 11.3 Å². The van der Waals surface area contributed by atoms with Crippen LogP contribution in [-0.4, -0.2) is 19.5 Å². The third-order valence-corrected chi connectivity index (χ3v) is 3.40. The molecule has 0 bridgehead atoms. The number of aromatic nitrogens is 4. The first-order valence-electron chi connectivity index (χ1n) is 6.32. The minimum atomic E-state index is -0.204. The number of aromatic amines is 1. The van der Waals surface area contributed by atoms with Gasteiger partial charge in [-0.3, -0.25) is 9.36 Å². The Kier molecular flexibility index (Phi) is 3.99. The Morgan fingerprint density at radius 3 is 2.81 bits per heavy atom. The molecule has 0 saturated carbocycles. The molecule has 0 aliphatic rings. The summed E-state index contributed by atoms with van der Waals surface area (Å²) in [5.74, 6) is 0.176. The van der Waals surface area contributed by atoms with E-state index in [9.17, 15) is 4.79 Å². The van der Waals surface area contributed by atoms with Crippen LogP contribution in [0.3, 0.4) is 0 Å². The van der Waals surface area contributed by atoms with E-state index in [4.69, 9.17) is 5.73 Å². The minimum absolute atomic E-state index is 0. The van der Waals surface area contributed by atoms with Gasteiger partial charge in [-0.1, -0.05) is 23.8 Å². The first kappa shape index (κ1) is 15.1. The highest BCUT2D eigenvalue weighted by atomic mass is 35.5. The average Bonchev–Trinajstić information content (AvgIpc) is 2.85. The molecule has 0 fully saturated rings. The zero-order chi connectivity index (χ0) is 14.3. The van der Waals surface area contributed by atoms with Crippen molar-refractivity contribution in [1.82, 2.24) is 19.5 Å². The van der Waals surface area contributed by atoms with E-state index in [2.05, 4.69) is 21.0 Å². The summed E-state index contributed by atoms with van der Waals surface area (Å²) in [5.41, 5.74) is 9.76. The number of hydrogen-bond donors (Lipinski definition) is 2. The summed E-state index contributed by atoms with van der Waals surface area (Å²) >= 11 is 0. The van der Waals surface area contributed by atoms with Gasteiger partial charge in [0.2, 0.25) is 5.95 Å². The third kappa shape index (κ3) is 2.62. The minimum Gasteiger partial charge on any atom is -0.369 e. The van der Waals surface area contributed by atoms with Gasteiger partial charge in [-0.25, -0.2) is 4.98 Å². The molecule has 0 atom stereocenters. The van der Waals surface area contributed by atoms with E-state index in [1.165, 1.54) is 16.5 Å². The summed E-state index contributed by atoms with van der Waals surface area (Å²) in [6.07, 6.45) is 1.44. The number of hydrogen-bond acceptors (Lipinski definition) is 4. The molecular weight excluding hydrogens is 290 g/mol. The normalized spacial score (nSPS) is 10.6. The van der Waals surface area contributed by atoms with Crippen LogP contribution in [0.5, 0.6) is 0 Å². The first-order chi connectivity index (χ1) is 9.56. The lowest BCUT2D eigenvalue weighted by molar-refractivity contribution is 0.757. The third-order valence-electron chi connectivity index (χ3n) is 3.40. The molecule has 2 aromatic heterocycles. The molecule has 0 aliphatic carbocycles. The molecule has 0 spiro atoms. The van der Waals surface area contributed by atoms with Gasteiger partial charge in [0.1, 0.15) is 0 Å². The molecular formula is C14H16ClN5O. The van der Waals surface area contributed by atoms with Crippen LogP contribution in [0.4, 0.5) is 5.95 Å². The summed E-state index contributed by atoms with van der Waals surface area (Å²) in [6, 6.07) is 6.11. The molecule has 3 aromatic rings. The number of anilines is 1. The quantitative estimate of drug-likeness (QED) is 0.755. The van der Waals surface area contributed by atoms with Gasteiger partial charge in [-0.2, -0.15) is 4.98 Å². The van der Waals surface area contributed by atoms with E-state index in [1.807, 2.05) is 26.0 Å². The number of H-pyrrole nitrogens is 1. The van der Waals surface area contributed by atoms with Crippen molar-refractivity contribution < 1.29 is 0 Å². The molecule has 0 unspecified atom stereocenters. The summed E-state index contributed by atoms with van der Waals surface area (Å²) in [5, 5.41) is 0. The second kappa shape index (κ2) is 5.57. The van der Waals surface area contributed by atoms with E-state index >= 15 is 0 Å². The van der Waals surface area contributed by atoms with Crippen LogP contribution in [-0.2, 0) is 6.54 Å². The maximum atomic E-state index is 12.4. The highest BCUT2D eigenvalue weighted by Crippen LogP contribution is 2.13. The smallest absolute Gasteiger partial charge is 0.281 e. The van der Waals surface area contributed by atoms with Crippen LogP contribution in [0.25, 0.3) is 11.2 Å². The molecule has 21 heavy (non-hydrogen) atoms. The van der Waals surface area contributed by atoms with E-state index in [0.29, 0.717) is 17.7 Å². The number of nitrogens with one attached hydrogen (secondary N) is 1. The zero-order valence-electron chi connectivity index (χ0n) is 11.8. The lowest BCUT2D eigenvalue weighted by atomic mass is 10.1. The van der Waals surface area contributed by atoms with Gasteiger partial charge < -0.3 is 10.7 Å². The molecule has 3 rings (SSSR count). The summed E-state index contributed by atoms with van der Waals surface area (Å²) in [7, 11) is 0. The number of benzene rings is 1. The number of fused-ring (bicyclic) bond motifs is 1. The number of imidazole rings is 1. The Morgan fingerprint density at radius 2 is 2.10 bits per heavy atom. The zero-order valence-corrected chi connectivity index (χ0v) is 12.6. The van der Waals surface area contributed by atoms with Crippen LogP contribution in [0.15, 0.2) is 29.3 Å². The van der Waals surface area contributed by atoms with E-state index < -0.39 is 0 Å². The largest absolute Gasteiger partial charge is 0.369 e. The van der Waals surface area contributed by atoms with Crippen molar-refractivity contribution in [1.29, 1.82) is 0 Å². The van der Waals surface area contributed by atoms with Crippen LogP contribution in [0.2, 0.25) is 0 Å². The standard InChI is InChI=1S/C14H15N5O.ClH/c1-8-3-4-10(9(2)5-8)6-19-13(20)11-12(17-7-16-11)18-14(19)15;/h3-5,7H,6H2,1-2H3,(H2,15,18)(H,16,17);1H. The average molecular weight is 306 g/mol. The molecule has 6 nitrogen and oxygen atoms in total. The molecule has 1 aromatic carbocycles. The molecule has 110 valence electrons. The van der Waals surface area contributed by atoms with Gasteiger partial charge in [0.05, 0.1) is 12.9 Å². The van der Waals surface area contributed by atoms with Gasteiger partial charge in [-0.15, -0.1) is 12.4 Å². The molecule has 0 radical (unpaired) electrons. The highest BCUT2D eigenvalue weighted by molar-refractivity contribution is 5.85. The van der Waals surface area contributed by atoms with Gasteiger partial charge in [0, 0.05) is 0 Å². The van der Waals surface area contributed by atoms with Gasteiger partial charge in [-0.05, 0) is 25.0 Å². The Bertz CT molecular complexity index is 852. The molecule has 0 amide bonds. The summed E-state index contributed by atoms with van der Waals surface area (Å²) in [4.78, 5) is 23.3. The molecule has 2 heterocycles. The van der Waals surface area contributed by atoms with Crippen molar-refractivity contribution in [2.45, 2.75) is 20.4 Å². The Hall–Kier alpha value is -2.34. The Morgan fingerprint density at radius 1 is 1.33 bits per heavy atom. The van der Waals surface area contributed by atoms with Crippen molar-refractivity contribution in [3.63, 3.8) is 0 Å². The van der Waals surface area contributed by atoms with Crippen molar-refractivity contribution in [3.05, 3.63) is 51.6 Å². The Labute approximate surface area is 127 Å². The first-order valence-corrected chi connectivity index (χ1v) is 6.32. The number of nitrogens with two attached hydrogens (primary N) is 1. The summed E-state index contributed by atoms with van der Waals surface area (Å²) < 4.78 is 1.46. The lowest BCUT2D eigenvalue weighted by Gasteiger charge is -2.11. The van der Waals surface area contributed by atoms with Gasteiger partial charge in [0.15, 0.2) is 11.2 Å². The number of aryl methyl sites for hydroxylation is 2. The maximum absolute atomic E-state index is 12.4. The van der Waals surface area contributed by atoms with Crippen molar-refractivity contribution >= 4 is 29.5 Å². The Balaban J connectivity index is 0.00000161. The number of rotatable bonds is 2. The molecule has 0 saturated heterocycles. The highest BCUT2D eigenvalue weighted by Gasteiger charge is 2.11. The van der Waals surface area contributed by atoms with Crippen molar-refractivity contribution in [2.24, 2.45) is 0 Å². The number of nitrogens with zero attached hydrogens (tertiary/aromatic N) is 3. The predicted molar refractivity (Wildman–Crippen MR) is 84.8 cm³/mol. The lowest BCUT2D eigenvalue weighted by Crippen LogP contribution is -2.25. The topological polar surface area (TPSA) is 89.6 Å². The predicted octanol–water partition coefficient (Wildman–Crippen LogP) is 1.79. The monoisotopic (exact) mass is 305 g/mol. The SMILES string of the molecule is Cc1ccc(Cn2c(N)nc3nc[nH]c3c2=O)c(C)c1.Cl. The fourth-order valence-corrected chi connectivity index (χ4v) is 2.28. The van der Waals surface area contributed by atoms with Crippen LogP contribution in [0, 0.1) is 13.8 Å². The van der Waals surface area contributed by atoms with Crippen molar-refractivity contribution in [2.75, 3.05) is 5.73 Å². The van der Waals surface area contributed by atoms with E-state index in [-0.39, 0.29) is 23.9 Å². The van der Waals surface area contributed by atoms with Crippen molar-refractivity contribution in [3.8, 4) is 0 Å². The van der Waals surface area contributed by atoms with E-state index in [1.54, 1.807) is 0 Å². The second-order valence-electron chi connectivity index (χ2n) is 4.89. The maximum Gasteiger partial charge on any atom is 0.281 e. The van der Waals surface area contributed by atoms with Gasteiger partial charge in [0.25, 0.3) is 5.56 Å². The number of halogens is 1. The van der Waals surface area contributed by atoms with E-state index in [0.717, 1.165) is 11.1 Å². The van der Waals surface area contributed by atoms with Gasteiger partial charge >= 0.3 is 0 Å². The van der Waals surface area contributed by atoms with Crippen LogP contribution >= 0.6 is 12.4 Å². The molecule has 3 N–H and O–H groups in total. The fraction of sp³-hybridized carbons (Fsp3) is 0.214. The molecule has 7 heteroatoms. The number of nitrogen functional groups attached to an aromatic ring is 1. The molecule has 0 aliphatic heterocycles. The fourth-order valence-electron chi connectivity index (χ4n) is 2.28. The second-order valence-corrected chi connectivity index (χ2v) is 4.89. The summed E-state index contributed by atoms with van der Waals surface area (Å²) in [6.45, 7) is 4.46.